The highest BCUT2D eigenvalue weighted by molar-refractivity contribution is 7.15. The SMILES string of the molecule is NNc1nnc(COc2ccc(Cl)cc2)s1. The Balaban J connectivity index is 1.94. The van der Waals surface area contributed by atoms with Gasteiger partial charge in [0.05, 0.1) is 0 Å². The summed E-state index contributed by atoms with van der Waals surface area (Å²) in [6, 6.07) is 7.13. The Kier molecular flexibility index (Phi) is 3.55. The molecule has 3 N–H and O–H groups in total. The lowest BCUT2D eigenvalue weighted by Crippen LogP contribution is -2.05. The van der Waals surface area contributed by atoms with Crippen molar-refractivity contribution in [2.24, 2.45) is 5.84 Å². The molecule has 7 heteroatoms. The molecule has 16 heavy (non-hydrogen) atoms. The number of nitrogens with zero attached hydrogens (tertiary/aromatic N) is 2. The predicted molar refractivity (Wildman–Crippen MR) is 63.5 cm³/mol. The summed E-state index contributed by atoms with van der Waals surface area (Å²) in [5.41, 5.74) is 2.42. The normalized spacial score (nSPS) is 10.1. The molecule has 0 amide bonds. The van der Waals surface area contributed by atoms with E-state index in [0.29, 0.717) is 16.8 Å². The first-order valence-corrected chi connectivity index (χ1v) is 5.65. The number of hydrogen-bond donors (Lipinski definition) is 2. The molecule has 0 saturated heterocycles. The van der Waals surface area contributed by atoms with E-state index in [1.165, 1.54) is 11.3 Å². The van der Waals surface area contributed by atoms with E-state index in [-0.39, 0.29) is 0 Å². The van der Waals surface area contributed by atoms with Crippen molar-refractivity contribution in [2.45, 2.75) is 6.61 Å². The first-order valence-electron chi connectivity index (χ1n) is 4.45. The fourth-order valence-electron chi connectivity index (χ4n) is 1.05. The van der Waals surface area contributed by atoms with Gasteiger partial charge in [-0.15, -0.1) is 10.2 Å². The maximum atomic E-state index is 5.75. The highest BCUT2D eigenvalue weighted by Gasteiger charge is 2.03. The minimum Gasteiger partial charge on any atom is -0.486 e. The zero-order valence-corrected chi connectivity index (χ0v) is 9.76. The van der Waals surface area contributed by atoms with Crippen molar-refractivity contribution < 1.29 is 4.74 Å². The summed E-state index contributed by atoms with van der Waals surface area (Å²) in [7, 11) is 0. The largest absolute Gasteiger partial charge is 0.486 e. The Morgan fingerprint density at radius 2 is 2.06 bits per heavy atom. The first kappa shape index (κ1) is 11.1. The van der Waals surface area contributed by atoms with E-state index < -0.39 is 0 Å². The van der Waals surface area contributed by atoms with Gasteiger partial charge in [0, 0.05) is 5.02 Å². The minimum absolute atomic E-state index is 0.362. The molecular weight excluding hydrogens is 248 g/mol. The van der Waals surface area contributed by atoms with E-state index in [0.717, 1.165) is 10.8 Å². The molecule has 1 aromatic heterocycles. The quantitative estimate of drug-likeness (QED) is 0.647. The van der Waals surface area contributed by atoms with Crippen molar-refractivity contribution in [3.05, 3.63) is 34.3 Å². The van der Waals surface area contributed by atoms with Crippen LogP contribution in [0.5, 0.6) is 5.75 Å². The molecule has 0 aliphatic carbocycles. The smallest absolute Gasteiger partial charge is 0.219 e. The molecule has 0 aliphatic heterocycles. The van der Waals surface area contributed by atoms with Crippen LogP contribution in [0.2, 0.25) is 5.02 Å². The molecule has 5 nitrogen and oxygen atoms in total. The zero-order valence-electron chi connectivity index (χ0n) is 8.18. The first-order chi connectivity index (χ1) is 7.78. The van der Waals surface area contributed by atoms with Crippen LogP contribution in [0.1, 0.15) is 5.01 Å². The van der Waals surface area contributed by atoms with Crippen LogP contribution >= 0.6 is 22.9 Å². The Labute approximate surface area is 101 Å². The van der Waals surface area contributed by atoms with Crippen LogP contribution in [0.25, 0.3) is 0 Å². The number of hydrazine groups is 1. The Bertz CT molecular complexity index is 459. The van der Waals surface area contributed by atoms with E-state index in [9.17, 15) is 0 Å². The third-order valence-corrected chi connectivity index (χ3v) is 2.85. The molecule has 0 saturated carbocycles. The maximum absolute atomic E-state index is 5.75. The van der Waals surface area contributed by atoms with Crippen LogP contribution in [-0.4, -0.2) is 10.2 Å². The van der Waals surface area contributed by atoms with Gasteiger partial charge < -0.3 is 4.74 Å². The summed E-state index contributed by atoms with van der Waals surface area (Å²) < 4.78 is 5.49. The Morgan fingerprint density at radius 3 is 2.69 bits per heavy atom. The van der Waals surface area contributed by atoms with Gasteiger partial charge in [-0.25, -0.2) is 5.84 Å². The van der Waals surface area contributed by atoms with Crippen LogP contribution in [-0.2, 0) is 6.61 Å². The molecule has 0 unspecified atom stereocenters. The van der Waals surface area contributed by atoms with E-state index in [4.69, 9.17) is 22.2 Å². The number of nitrogens with one attached hydrogen (secondary N) is 1. The summed E-state index contributed by atoms with van der Waals surface area (Å²) in [4.78, 5) is 0. The van der Waals surface area contributed by atoms with Gasteiger partial charge in [-0.3, -0.25) is 5.43 Å². The van der Waals surface area contributed by atoms with Gasteiger partial charge in [-0.2, -0.15) is 0 Å². The second-order valence-corrected chi connectivity index (χ2v) is 4.39. The minimum atomic E-state index is 0.362. The van der Waals surface area contributed by atoms with Crippen molar-refractivity contribution >= 4 is 28.1 Å². The van der Waals surface area contributed by atoms with E-state index in [1.54, 1.807) is 24.3 Å². The standard InChI is InChI=1S/C9H9ClN4OS/c10-6-1-3-7(4-2-6)15-5-8-13-14-9(12-11)16-8/h1-4H,5,11H2,(H,12,14). The number of ether oxygens (including phenoxy) is 1. The highest BCUT2D eigenvalue weighted by atomic mass is 35.5. The number of hydrogen-bond acceptors (Lipinski definition) is 6. The number of nitrogen functional groups attached to an aromatic ring is 1. The van der Waals surface area contributed by atoms with Crippen LogP contribution in [0.15, 0.2) is 24.3 Å². The number of nitrogens with two attached hydrogens (primary N) is 1. The molecule has 0 fully saturated rings. The molecule has 1 heterocycles. The van der Waals surface area contributed by atoms with E-state index in [1.807, 2.05) is 0 Å². The third kappa shape index (κ3) is 2.82. The van der Waals surface area contributed by atoms with Crippen LogP contribution in [0.4, 0.5) is 5.13 Å². The van der Waals surface area contributed by atoms with Gasteiger partial charge >= 0.3 is 0 Å². The summed E-state index contributed by atoms with van der Waals surface area (Å²) in [5.74, 6) is 5.93. The number of rotatable bonds is 4. The molecule has 0 atom stereocenters. The average molecular weight is 257 g/mol. The van der Waals surface area contributed by atoms with Gasteiger partial charge in [-0.1, -0.05) is 22.9 Å². The summed E-state index contributed by atoms with van der Waals surface area (Å²) in [6.45, 7) is 0.362. The topological polar surface area (TPSA) is 73.1 Å². The molecule has 1 aromatic carbocycles. The molecule has 2 aromatic rings. The lowest BCUT2D eigenvalue weighted by molar-refractivity contribution is 0.304. The number of benzene rings is 1. The molecule has 2 rings (SSSR count). The second-order valence-electron chi connectivity index (χ2n) is 2.89. The van der Waals surface area contributed by atoms with E-state index >= 15 is 0 Å². The molecule has 84 valence electrons. The maximum Gasteiger partial charge on any atom is 0.219 e. The van der Waals surface area contributed by atoms with Crippen molar-refractivity contribution in [1.29, 1.82) is 0 Å². The van der Waals surface area contributed by atoms with Crippen molar-refractivity contribution in [2.75, 3.05) is 5.43 Å². The molecule has 0 radical (unpaired) electrons. The monoisotopic (exact) mass is 256 g/mol. The molecular formula is C9H9ClN4OS. The second kappa shape index (κ2) is 5.11. The molecule has 0 bridgehead atoms. The van der Waals surface area contributed by atoms with Gasteiger partial charge in [0.2, 0.25) is 5.13 Å². The van der Waals surface area contributed by atoms with Crippen molar-refractivity contribution in [3.63, 3.8) is 0 Å². The average Bonchev–Trinajstić information content (AvgIpc) is 2.76. The third-order valence-electron chi connectivity index (χ3n) is 1.77. The number of aromatic nitrogens is 2. The van der Waals surface area contributed by atoms with E-state index in [2.05, 4.69) is 15.6 Å². The predicted octanol–water partition coefficient (Wildman–Crippen LogP) is 2.06. The summed E-state index contributed by atoms with van der Waals surface area (Å²) in [6.07, 6.45) is 0. The lowest BCUT2D eigenvalue weighted by Gasteiger charge is -2.02. The Hall–Kier alpha value is -1.37. The van der Waals surface area contributed by atoms with Crippen LogP contribution < -0.4 is 16.0 Å². The number of halogens is 1. The van der Waals surface area contributed by atoms with Gasteiger partial charge in [-0.05, 0) is 24.3 Å². The summed E-state index contributed by atoms with van der Waals surface area (Å²) >= 11 is 7.10. The van der Waals surface area contributed by atoms with Gasteiger partial charge in [0.15, 0.2) is 5.01 Å². The molecule has 0 spiro atoms. The highest BCUT2D eigenvalue weighted by Crippen LogP contribution is 2.19. The lowest BCUT2D eigenvalue weighted by atomic mass is 10.3. The number of anilines is 1. The van der Waals surface area contributed by atoms with Gasteiger partial charge in [0.1, 0.15) is 12.4 Å². The Morgan fingerprint density at radius 1 is 1.31 bits per heavy atom. The van der Waals surface area contributed by atoms with Crippen LogP contribution in [0.3, 0.4) is 0 Å². The van der Waals surface area contributed by atoms with Crippen LogP contribution in [0, 0.1) is 0 Å². The van der Waals surface area contributed by atoms with Crippen molar-refractivity contribution in [1.82, 2.24) is 10.2 Å². The fraction of sp³-hybridized carbons (Fsp3) is 0.111. The molecule has 0 aliphatic rings. The summed E-state index contributed by atoms with van der Waals surface area (Å²) in [5, 5.41) is 9.68. The zero-order chi connectivity index (χ0) is 11.4. The van der Waals surface area contributed by atoms with Crippen molar-refractivity contribution in [3.8, 4) is 5.75 Å². The fourth-order valence-corrected chi connectivity index (χ4v) is 1.74. The van der Waals surface area contributed by atoms with Gasteiger partial charge in [0.25, 0.3) is 0 Å².